The van der Waals surface area contributed by atoms with E-state index < -0.39 is 17.5 Å². The third kappa shape index (κ3) is 10.4. The average molecular weight is 467 g/mol. The zero-order valence-electron chi connectivity index (χ0n) is 18.0. The molecule has 1 amide bonds. The lowest BCUT2D eigenvalue weighted by molar-refractivity contribution is -0.122. The molecule has 0 aliphatic heterocycles. The summed E-state index contributed by atoms with van der Waals surface area (Å²) in [5, 5.41) is 21.4. The van der Waals surface area contributed by atoms with Gasteiger partial charge in [0.25, 0.3) is 0 Å². The van der Waals surface area contributed by atoms with Crippen molar-refractivity contribution in [1.29, 1.82) is 10.5 Å². The summed E-state index contributed by atoms with van der Waals surface area (Å²) in [5.74, 6) is -0.179. The van der Waals surface area contributed by atoms with E-state index in [4.69, 9.17) is 0 Å². The molecule has 7 nitrogen and oxygen atoms in total. The molecule has 9 heteroatoms. The van der Waals surface area contributed by atoms with E-state index >= 15 is 0 Å². The van der Waals surface area contributed by atoms with E-state index in [1.54, 1.807) is 0 Å². The molecule has 0 aliphatic rings. The fraction of sp³-hybridized carbons (Fsp3) is 0.591. The molecule has 0 aromatic heterocycles. The topological polar surface area (TPSA) is 137 Å². The predicted molar refractivity (Wildman–Crippen MR) is 124 cm³/mol. The average Bonchev–Trinajstić information content (AvgIpc) is 2.73. The highest BCUT2D eigenvalue weighted by Gasteiger charge is 2.52. The summed E-state index contributed by atoms with van der Waals surface area (Å²) in [6.45, 7) is -2.19. The molecule has 0 aliphatic carbocycles. The molecule has 170 valence electrons. The Bertz CT molecular complexity index is 788. The molecule has 1 atom stereocenters. The Morgan fingerprint density at radius 1 is 1.06 bits per heavy atom. The first kappa shape index (κ1) is 27.2. The minimum atomic E-state index is -4.32. The number of nitrogens with zero attached hydrogens (tertiary/aromatic N) is 2. The Morgan fingerprint density at radius 3 is 2.16 bits per heavy atom. The molecule has 0 heterocycles. The van der Waals surface area contributed by atoms with Gasteiger partial charge in [0.15, 0.2) is 0 Å². The number of carbonyl (C=O) groups is 1. The monoisotopic (exact) mass is 466 g/mol. The molecule has 0 fully saturated rings. The Labute approximate surface area is 188 Å². The van der Waals surface area contributed by atoms with Crippen molar-refractivity contribution in [1.82, 2.24) is 5.32 Å². The number of hydrogen-bond donors (Lipinski definition) is 4. The van der Waals surface area contributed by atoms with E-state index in [0.717, 1.165) is 37.7 Å². The van der Waals surface area contributed by atoms with E-state index in [-0.39, 0.29) is 31.6 Å². The summed E-state index contributed by atoms with van der Waals surface area (Å²) in [6.07, 6.45) is 5.87. The van der Waals surface area contributed by atoms with Crippen molar-refractivity contribution in [2.24, 2.45) is 0 Å². The number of rotatable bonds is 14. The fourth-order valence-electron chi connectivity index (χ4n) is 3.62. The molecule has 1 rings (SSSR count). The third-order valence-corrected chi connectivity index (χ3v) is 8.17. The first-order valence-corrected chi connectivity index (χ1v) is 13.7. The van der Waals surface area contributed by atoms with Crippen LogP contribution in [0.2, 0.25) is 0 Å². The summed E-state index contributed by atoms with van der Waals surface area (Å²) in [4.78, 5) is 42.5. The van der Waals surface area contributed by atoms with Crippen LogP contribution in [0.5, 0.6) is 0 Å². The molecule has 0 radical (unpaired) electrons. The first-order chi connectivity index (χ1) is 14.8. The van der Waals surface area contributed by atoms with Crippen molar-refractivity contribution in [2.45, 2.75) is 81.9 Å². The lowest BCUT2D eigenvalue weighted by atomic mass is 9.84. The standard InChI is InChI=1S/C22H32N3O4PS/c1-2-3-4-5-9-14-20(26)25-21(19-12-7-6-8-13-19)22(15-10-17-23,16-11-18-24)31-30(27,28)29/h6-8,12-13,21H,2-5,9-11,14-16H2,1H3,(H3-,25,26,27,28,29)/p+1/t21-/m1/s1. The van der Waals surface area contributed by atoms with Crippen molar-refractivity contribution >= 4 is 23.6 Å². The predicted octanol–water partition coefficient (Wildman–Crippen LogP) is 4.29. The van der Waals surface area contributed by atoms with Gasteiger partial charge >= 0.3 is 6.72 Å². The summed E-state index contributed by atoms with van der Waals surface area (Å²) in [5.41, 5.74) is 0.721. The zero-order valence-corrected chi connectivity index (χ0v) is 19.7. The maximum Gasteiger partial charge on any atom is 0.515 e. The van der Waals surface area contributed by atoms with Crippen LogP contribution in [0.15, 0.2) is 30.3 Å². The van der Waals surface area contributed by atoms with Crippen molar-refractivity contribution in [3.05, 3.63) is 35.9 Å². The molecule has 0 saturated heterocycles. The molecule has 31 heavy (non-hydrogen) atoms. The van der Waals surface area contributed by atoms with Crippen LogP contribution in [0.25, 0.3) is 0 Å². The van der Waals surface area contributed by atoms with Crippen LogP contribution in [-0.2, 0) is 15.7 Å². The Morgan fingerprint density at radius 2 is 1.65 bits per heavy atom. The van der Waals surface area contributed by atoms with Gasteiger partial charge in [-0.3, -0.25) is 19.5 Å². The molecule has 1 aromatic carbocycles. The van der Waals surface area contributed by atoms with Crippen molar-refractivity contribution in [3.63, 3.8) is 0 Å². The smallest absolute Gasteiger partial charge is 0.343 e. The number of benzene rings is 1. The van der Waals surface area contributed by atoms with Gasteiger partial charge in [0.2, 0.25) is 21.6 Å². The number of nitriles is 2. The van der Waals surface area contributed by atoms with Crippen LogP contribution in [-0.4, -0.2) is 25.3 Å². The summed E-state index contributed by atoms with van der Waals surface area (Å²) < 4.78 is -1.13. The van der Waals surface area contributed by atoms with E-state index in [1.807, 2.05) is 30.3 Å². The molecule has 0 saturated carbocycles. The normalized spacial score (nSPS) is 12.5. The molecule has 0 bridgehead atoms. The van der Waals surface area contributed by atoms with Gasteiger partial charge in [-0.2, -0.15) is 10.5 Å². The van der Waals surface area contributed by atoms with Gasteiger partial charge < -0.3 is 5.32 Å². The summed E-state index contributed by atoms with van der Waals surface area (Å²) in [7, 11) is 0.570. The highest BCUT2D eigenvalue weighted by Crippen LogP contribution is 2.45. The first-order valence-electron chi connectivity index (χ1n) is 10.6. The Balaban J connectivity index is 3.30. The maximum atomic E-state index is 12.8. The minimum Gasteiger partial charge on any atom is -0.343 e. The van der Waals surface area contributed by atoms with Gasteiger partial charge in [0.1, 0.15) is 6.04 Å². The van der Waals surface area contributed by atoms with Crippen LogP contribution >= 0.6 is 6.72 Å². The number of nitrogens with one attached hydrogen (secondary N) is 1. The Kier molecular flexibility index (Phi) is 12.6. The number of hydrogen-bond acceptors (Lipinski definition) is 3. The van der Waals surface area contributed by atoms with Gasteiger partial charge in [0.05, 0.1) is 12.1 Å². The second-order valence-corrected chi connectivity index (χ2v) is 11.6. The lowest BCUT2D eigenvalue weighted by Gasteiger charge is -2.30. The minimum absolute atomic E-state index is 0.0780. The third-order valence-electron chi connectivity index (χ3n) is 5.10. The van der Waals surface area contributed by atoms with Gasteiger partial charge in [-0.05, 0) is 12.0 Å². The Hall–Kier alpha value is -1.80. The molecular weight excluding hydrogens is 433 g/mol. The quantitative estimate of drug-likeness (QED) is 0.183. The van der Waals surface area contributed by atoms with E-state index in [0.29, 0.717) is 17.4 Å². The number of amides is 1. The zero-order chi connectivity index (χ0) is 23.2. The van der Waals surface area contributed by atoms with Gasteiger partial charge in [-0.15, -0.1) is 0 Å². The van der Waals surface area contributed by atoms with Crippen LogP contribution in [0.3, 0.4) is 0 Å². The highest BCUT2D eigenvalue weighted by molar-refractivity contribution is 8.17. The van der Waals surface area contributed by atoms with Gasteiger partial charge in [-0.1, -0.05) is 62.9 Å². The summed E-state index contributed by atoms with van der Waals surface area (Å²) in [6, 6.07) is 12.5. The van der Waals surface area contributed by atoms with E-state index in [1.165, 1.54) is 0 Å². The van der Waals surface area contributed by atoms with E-state index in [9.17, 15) is 30.0 Å². The summed E-state index contributed by atoms with van der Waals surface area (Å²) >= 11 is 0. The van der Waals surface area contributed by atoms with Crippen molar-refractivity contribution < 1.29 is 19.5 Å². The van der Waals surface area contributed by atoms with Crippen LogP contribution in [0.1, 0.15) is 82.7 Å². The molecule has 0 spiro atoms. The molecule has 1 aromatic rings. The molecule has 4 N–H and O–H groups in total. The van der Waals surface area contributed by atoms with Crippen LogP contribution in [0.4, 0.5) is 0 Å². The highest BCUT2D eigenvalue weighted by atomic mass is 32.5. The number of unbranched alkanes of at least 4 members (excludes halogenated alkanes) is 4. The van der Waals surface area contributed by atoms with Gasteiger partial charge in [-0.25, -0.2) is 0 Å². The van der Waals surface area contributed by atoms with Crippen molar-refractivity contribution in [2.75, 3.05) is 0 Å². The fourth-order valence-corrected chi connectivity index (χ4v) is 7.13. The lowest BCUT2D eigenvalue weighted by Crippen LogP contribution is -2.46. The number of carbonyl (C=O) groups excluding carboxylic acids is 1. The van der Waals surface area contributed by atoms with Crippen LogP contribution < -0.4 is 5.32 Å². The largest absolute Gasteiger partial charge is 0.515 e. The maximum absolute atomic E-state index is 12.8. The van der Waals surface area contributed by atoms with Crippen LogP contribution in [0, 0.1) is 22.7 Å². The molecule has 0 unspecified atom stereocenters. The van der Waals surface area contributed by atoms with Gasteiger partial charge in [0, 0.05) is 32.1 Å². The second-order valence-electron chi connectivity index (χ2n) is 7.56. The SMILES string of the molecule is CCCCCCCC(=O)N[C@H](c1ccccc1)C(CCC#N)(CCC#N)[S+]=P(O)(O)O. The van der Waals surface area contributed by atoms with E-state index in [2.05, 4.69) is 24.4 Å². The van der Waals surface area contributed by atoms with Crippen molar-refractivity contribution in [3.8, 4) is 12.1 Å². The second kappa shape index (κ2) is 14.3. The molecular formula is C22H33N3O4PS+.